The number of benzene rings is 1. The second-order valence-electron chi connectivity index (χ2n) is 8.21. The lowest BCUT2D eigenvalue weighted by Gasteiger charge is -2.28. The molecule has 170 valence electrons. The third kappa shape index (κ3) is 6.92. The van der Waals surface area contributed by atoms with Crippen molar-refractivity contribution in [3.63, 3.8) is 0 Å². The molecule has 1 aromatic heterocycles. The Morgan fingerprint density at radius 3 is 2.90 bits per heavy atom. The molecule has 0 aliphatic carbocycles. The molecule has 0 unspecified atom stereocenters. The summed E-state index contributed by atoms with van der Waals surface area (Å²) in [5, 5.41) is 4.97. The van der Waals surface area contributed by atoms with Gasteiger partial charge in [0.1, 0.15) is 5.75 Å². The van der Waals surface area contributed by atoms with Gasteiger partial charge in [0, 0.05) is 36.2 Å². The number of nitrogens with one attached hydrogen (secondary N) is 2. The summed E-state index contributed by atoms with van der Waals surface area (Å²) < 4.78 is 11.4. The van der Waals surface area contributed by atoms with Crippen molar-refractivity contribution in [3.8, 4) is 5.75 Å². The second-order valence-corrected chi connectivity index (χ2v) is 8.60. The van der Waals surface area contributed by atoms with E-state index in [2.05, 4.69) is 34.2 Å². The summed E-state index contributed by atoms with van der Waals surface area (Å²) in [5.41, 5.74) is 1.38. The summed E-state index contributed by atoms with van der Waals surface area (Å²) in [5.74, 6) is 0.794. The topological polar surface area (TPSA) is 69.8 Å². The second kappa shape index (κ2) is 11.5. The van der Waals surface area contributed by atoms with Gasteiger partial charge in [-0.15, -0.1) is 0 Å². The molecule has 0 spiro atoms. The number of ether oxygens (including phenoxy) is 2. The van der Waals surface area contributed by atoms with Gasteiger partial charge in [0.2, 0.25) is 0 Å². The Hall–Kier alpha value is -2.16. The van der Waals surface area contributed by atoms with Gasteiger partial charge < -0.3 is 29.6 Å². The molecular weight excluding hydrogens is 412 g/mol. The average Bonchev–Trinajstić information content (AvgIpc) is 3.24. The van der Waals surface area contributed by atoms with Gasteiger partial charge in [-0.3, -0.25) is 4.79 Å². The van der Waals surface area contributed by atoms with Crippen molar-refractivity contribution in [3.05, 3.63) is 40.2 Å². The zero-order valence-electron chi connectivity index (χ0n) is 18.8. The van der Waals surface area contributed by atoms with Crippen molar-refractivity contribution >= 4 is 28.2 Å². The van der Waals surface area contributed by atoms with E-state index in [1.807, 2.05) is 31.2 Å². The lowest BCUT2D eigenvalue weighted by molar-refractivity contribution is 0.0897. The number of aromatic amines is 1. The maximum atomic E-state index is 12.8. The number of thiocarbonyl (C=S) groups is 1. The van der Waals surface area contributed by atoms with Gasteiger partial charge in [-0.25, -0.2) is 0 Å². The molecule has 2 heterocycles. The van der Waals surface area contributed by atoms with Crippen LogP contribution in [0.25, 0.3) is 10.9 Å². The van der Waals surface area contributed by atoms with Crippen molar-refractivity contribution in [1.82, 2.24) is 20.1 Å². The van der Waals surface area contributed by atoms with E-state index < -0.39 is 0 Å². The molecule has 2 N–H and O–H groups in total. The third-order valence-electron chi connectivity index (χ3n) is 5.36. The highest BCUT2D eigenvalue weighted by molar-refractivity contribution is 7.80. The molecule has 2 aromatic rings. The van der Waals surface area contributed by atoms with E-state index >= 15 is 0 Å². The minimum atomic E-state index is -0.0931. The lowest BCUT2D eigenvalue weighted by Crippen LogP contribution is -2.44. The van der Waals surface area contributed by atoms with Crippen LogP contribution in [0.1, 0.15) is 31.7 Å². The summed E-state index contributed by atoms with van der Waals surface area (Å²) in [6.07, 6.45) is 3.23. The third-order valence-corrected chi connectivity index (χ3v) is 5.76. The van der Waals surface area contributed by atoms with Gasteiger partial charge in [-0.05, 0) is 83.3 Å². The first-order chi connectivity index (χ1) is 15.0. The van der Waals surface area contributed by atoms with Crippen LogP contribution in [0, 0.1) is 0 Å². The number of hydrogen-bond acceptors (Lipinski definition) is 5. The normalized spacial score (nSPS) is 16.1. The Morgan fingerprint density at radius 2 is 2.19 bits per heavy atom. The first kappa shape index (κ1) is 23.5. The van der Waals surface area contributed by atoms with Gasteiger partial charge in [0.25, 0.3) is 5.56 Å². The highest BCUT2D eigenvalue weighted by Crippen LogP contribution is 2.20. The molecule has 1 saturated heterocycles. The molecule has 1 aliphatic heterocycles. The fourth-order valence-electron chi connectivity index (χ4n) is 3.77. The van der Waals surface area contributed by atoms with Crippen molar-refractivity contribution in [2.24, 2.45) is 0 Å². The van der Waals surface area contributed by atoms with Crippen LogP contribution < -0.4 is 15.6 Å². The number of aromatic nitrogens is 1. The molecule has 1 atom stereocenters. The van der Waals surface area contributed by atoms with Gasteiger partial charge in [0.05, 0.1) is 19.3 Å². The SMILES string of the molecule is CCOc1ccc2[nH]c(=O)c(CN(C[C@@H]3CCCO3)C(=S)NCCCN(C)C)cc2c1. The monoisotopic (exact) mass is 446 g/mol. The van der Waals surface area contributed by atoms with Crippen molar-refractivity contribution in [2.75, 3.05) is 46.9 Å². The Kier molecular flexibility index (Phi) is 8.69. The van der Waals surface area contributed by atoms with E-state index in [1.165, 1.54) is 0 Å². The quantitative estimate of drug-likeness (QED) is 0.430. The van der Waals surface area contributed by atoms with Crippen LogP contribution >= 0.6 is 12.2 Å². The molecule has 0 bridgehead atoms. The van der Waals surface area contributed by atoms with E-state index in [0.717, 1.165) is 55.6 Å². The molecule has 0 saturated carbocycles. The number of H-pyrrole nitrogens is 1. The Morgan fingerprint density at radius 1 is 1.35 bits per heavy atom. The Balaban J connectivity index is 1.76. The summed E-state index contributed by atoms with van der Waals surface area (Å²) >= 11 is 5.70. The van der Waals surface area contributed by atoms with Crippen molar-refractivity contribution in [2.45, 2.75) is 38.8 Å². The van der Waals surface area contributed by atoms with Gasteiger partial charge in [-0.1, -0.05) is 0 Å². The smallest absolute Gasteiger partial charge is 0.253 e. The number of fused-ring (bicyclic) bond motifs is 1. The highest BCUT2D eigenvalue weighted by atomic mass is 32.1. The Labute approximate surface area is 189 Å². The molecule has 1 fully saturated rings. The maximum Gasteiger partial charge on any atom is 0.253 e. The van der Waals surface area contributed by atoms with Crippen LogP contribution in [0.3, 0.4) is 0 Å². The predicted molar refractivity (Wildman–Crippen MR) is 129 cm³/mol. The number of nitrogens with zero attached hydrogens (tertiary/aromatic N) is 2. The van der Waals surface area contributed by atoms with Crippen LogP contribution in [-0.4, -0.2) is 72.9 Å². The van der Waals surface area contributed by atoms with Crippen LogP contribution in [-0.2, 0) is 11.3 Å². The molecule has 1 aromatic carbocycles. The van der Waals surface area contributed by atoms with E-state index in [0.29, 0.717) is 30.4 Å². The van der Waals surface area contributed by atoms with E-state index in [1.54, 1.807) is 0 Å². The first-order valence-corrected chi connectivity index (χ1v) is 11.4. The van der Waals surface area contributed by atoms with Gasteiger partial charge in [0.15, 0.2) is 5.11 Å². The fourth-order valence-corrected chi connectivity index (χ4v) is 4.01. The van der Waals surface area contributed by atoms with Crippen LogP contribution in [0.5, 0.6) is 5.75 Å². The summed E-state index contributed by atoms with van der Waals surface area (Å²) in [7, 11) is 4.12. The first-order valence-electron chi connectivity index (χ1n) is 11.0. The highest BCUT2D eigenvalue weighted by Gasteiger charge is 2.22. The standard InChI is InChI=1S/C23H34N4O3S/c1-4-29-19-8-9-21-17(14-19)13-18(22(28)25-21)15-27(16-20-7-5-12-30-20)23(31)24-10-6-11-26(2)3/h8-9,13-14,20H,4-7,10-12,15-16H2,1-3H3,(H,24,31)(H,25,28)/t20-/m0/s1. The van der Waals surface area contributed by atoms with Gasteiger partial charge >= 0.3 is 0 Å². The van der Waals surface area contributed by atoms with Crippen molar-refractivity contribution in [1.29, 1.82) is 0 Å². The predicted octanol–water partition coefficient (Wildman–Crippen LogP) is 2.73. The summed E-state index contributed by atoms with van der Waals surface area (Å²) in [4.78, 5) is 20.0. The molecule has 8 heteroatoms. The molecule has 0 radical (unpaired) electrons. The lowest BCUT2D eigenvalue weighted by atomic mass is 10.1. The number of hydrogen-bond donors (Lipinski definition) is 2. The van der Waals surface area contributed by atoms with E-state index in [4.69, 9.17) is 21.7 Å². The maximum absolute atomic E-state index is 12.8. The Bertz CT molecular complexity index is 925. The van der Waals surface area contributed by atoms with E-state index in [-0.39, 0.29) is 11.7 Å². The van der Waals surface area contributed by atoms with E-state index in [9.17, 15) is 4.79 Å². The number of pyridine rings is 1. The molecule has 3 rings (SSSR count). The zero-order valence-corrected chi connectivity index (χ0v) is 19.6. The minimum absolute atomic E-state index is 0.0931. The number of rotatable bonds is 10. The summed E-state index contributed by atoms with van der Waals surface area (Å²) in [6, 6.07) is 7.65. The minimum Gasteiger partial charge on any atom is -0.494 e. The fraction of sp³-hybridized carbons (Fsp3) is 0.565. The molecule has 31 heavy (non-hydrogen) atoms. The molecular formula is C23H34N4O3S. The summed E-state index contributed by atoms with van der Waals surface area (Å²) in [6.45, 7) is 6.25. The van der Waals surface area contributed by atoms with Crippen LogP contribution in [0.15, 0.2) is 29.1 Å². The largest absolute Gasteiger partial charge is 0.494 e. The average molecular weight is 447 g/mol. The molecule has 7 nitrogen and oxygen atoms in total. The van der Waals surface area contributed by atoms with Crippen molar-refractivity contribution < 1.29 is 9.47 Å². The molecule has 0 amide bonds. The van der Waals surface area contributed by atoms with Crippen LogP contribution in [0.2, 0.25) is 0 Å². The zero-order chi connectivity index (χ0) is 22.2. The van der Waals surface area contributed by atoms with Gasteiger partial charge in [-0.2, -0.15) is 0 Å². The molecule has 1 aliphatic rings. The van der Waals surface area contributed by atoms with Crippen LogP contribution in [0.4, 0.5) is 0 Å².